The van der Waals surface area contributed by atoms with Crippen LogP contribution in [0.1, 0.15) is 55.2 Å². The Kier molecular flexibility index (Phi) is 9.10. The quantitative estimate of drug-likeness (QED) is 0.189. The molecule has 146 valence electrons. The predicted octanol–water partition coefficient (Wildman–Crippen LogP) is 6.92. The summed E-state index contributed by atoms with van der Waals surface area (Å²) in [6, 6.07) is 31.9. The summed E-state index contributed by atoms with van der Waals surface area (Å²) in [5.74, 6) is 0. The van der Waals surface area contributed by atoms with Crippen LogP contribution in [0.25, 0.3) is 0 Å². The molecule has 2 heteroatoms. The normalized spacial score (nSPS) is 11.5. The molecule has 0 heterocycles. The summed E-state index contributed by atoms with van der Waals surface area (Å²) in [4.78, 5) is 0. The zero-order valence-electron chi connectivity index (χ0n) is 17.7. The van der Waals surface area contributed by atoms with Crippen molar-refractivity contribution in [3.05, 3.63) is 108 Å². The molecule has 1 nitrogen and oxygen atoms in total. The molecule has 0 atom stereocenters. The van der Waals surface area contributed by atoms with Gasteiger partial charge in [-0.2, -0.15) is 0 Å². The van der Waals surface area contributed by atoms with Crippen molar-refractivity contribution in [1.82, 2.24) is 0 Å². The van der Waals surface area contributed by atoms with Crippen molar-refractivity contribution in [1.29, 1.82) is 0 Å². The van der Waals surface area contributed by atoms with Gasteiger partial charge in [0.1, 0.15) is 0 Å². The van der Waals surface area contributed by atoms with Crippen molar-refractivity contribution in [3.8, 4) is 0 Å². The predicted molar refractivity (Wildman–Crippen MR) is 123 cm³/mol. The van der Waals surface area contributed by atoms with E-state index in [0.29, 0.717) is 0 Å². The number of unbranched alkanes of at least 4 members (excludes halogenated alkanes) is 5. The average Bonchev–Trinajstić information content (AvgIpc) is 2.80. The molecule has 29 heavy (non-hydrogen) atoms. The molecule has 3 aromatic carbocycles. The molecule has 0 unspecified atom stereocenters. The van der Waals surface area contributed by atoms with Crippen LogP contribution in [0.4, 0.5) is 0 Å². The minimum absolute atomic E-state index is 0.577. The molecule has 0 aromatic heterocycles. The maximum atomic E-state index is 6.82. The number of rotatable bonds is 12. The first kappa shape index (κ1) is 21.9. The van der Waals surface area contributed by atoms with Crippen LogP contribution in [-0.4, -0.2) is 24.3 Å². The number of benzene rings is 3. The summed E-state index contributed by atoms with van der Waals surface area (Å²) in [7, 11) is 0. The van der Waals surface area contributed by atoms with Gasteiger partial charge in [-0.05, 0) is 0 Å². The Morgan fingerprint density at radius 2 is 0.897 bits per heavy atom. The van der Waals surface area contributed by atoms with E-state index < -0.39 is 5.60 Å². The van der Waals surface area contributed by atoms with Gasteiger partial charge < -0.3 is 0 Å². The average molecular weight is 378 g/mol. The fraction of sp³-hybridized carbons (Fsp3) is 0.333. The van der Waals surface area contributed by atoms with Gasteiger partial charge >= 0.3 is 131 Å². The number of ether oxygens (including phenoxy) is 1. The third-order valence-corrected chi connectivity index (χ3v) is 5.61. The third-order valence-electron chi connectivity index (χ3n) is 5.61. The van der Waals surface area contributed by atoms with Crippen molar-refractivity contribution < 1.29 is 4.74 Å². The fourth-order valence-electron chi connectivity index (χ4n) is 4.05. The van der Waals surface area contributed by atoms with Crippen molar-refractivity contribution in [2.75, 3.05) is 6.61 Å². The summed E-state index contributed by atoms with van der Waals surface area (Å²) < 4.78 is 6.82. The van der Waals surface area contributed by atoms with E-state index in [-0.39, 0.29) is 0 Å². The minimum atomic E-state index is -0.577. The Hall–Kier alpha value is -1.78. The first-order chi connectivity index (χ1) is 14.4. The first-order valence-corrected chi connectivity index (χ1v) is 11.2. The molecular formula is C27H31LiO. The molecule has 0 N–H and O–H groups in total. The monoisotopic (exact) mass is 378 g/mol. The van der Waals surface area contributed by atoms with Crippen LogP contribution >= 0.6 is 0 Å². The van der Waals surface area contributed by atoms with Crippen molar-refractivity contribution in [3.63, 3.8) is 0 Å². The number of hydrogen-bond donors (Lipinski definition) is 0. The van der Waals surface area contributed by atoms with Crippen molar-refractivity contribution in [2.24, 2.45) is 0 Å². The third kappa shape index (κ3) is 5.86. The Morgan fingerprint density at radius 3 is 1.31 bits per heavy atom. The summed E-state index contributed by atoms with van der Waals surface area (Å²) in [6.07, 6.45) is 7.70. The van der Waals surface area contributed by atoms with E-state index in [4.69, 9.17) is 4.74 Å². The molecule has 0 fully saturated rings. The van der Waals surface area contributed by atoms with Gasteiger partial charge in [-0.3, -0.25) is 0 Å². The molecule has 0 saturated heterocycles. The topological polar surface area (TPSA) is 9.23 Å². The zero-order valence-corrected chi connectivity index (χ0v) is 17.7. The van der Waals surface area contributed by atoms with E-state index in [2.05, 4.69) is 109 Å². The van der Waals surface area contributed by atoms with Crippen LogP contribution in [0.2, 0.25) is 5.09 Å². The summed E-state index contributed by atoms with van der Waals surface area (Å²) >= 11 is 2.27. The molecular weight excluding hydrogens is 347 g/mol. The van der Waals surface area contributed by atoms with Gasteiger partial charge in [0.15, 0.2) is 0 Å². The molecule has 0 spiro atoms. The van der Waals surface area contributed by atoms with E-state index in [1.807, 2.05) is 0 Å². The van der Waals surface area contributed by atoms with E-state index in [0.717, 1.165) is 13.0 Å². The van der Waals surface area contributed by atoms with Gasteiger partial charge in [0, 0.05) is 0 Å². The summed E-state index contributed by atoms with van der Waals surface area (Å²) in [6.45, 7) is 0.756. The van der Waals surface area contributed by atoms with Gasteiger partial charge in [0.05, 0.1) is 0 Å². The van der Waals surface area contributed by atoms with E-state index in [1.165, 1.54) is 53.9 Å². The molecule has 0 amide bonds. The molecule has 0 aliphatic rings. The molecule has 0 bridgehead atoms. The van der Waals surface area contributed by atoms with Crippen LogP contribution in [0, 0.1) is 0 Å². The van der Waals surface area contributed by atoms with Crippen LogP contribution in [0.15, 0.2) is 91.0 Å². The van der Waals surface area contributed by atoms with Crippen LogP contribution in [0.5, 0.6) is 0 Å². The molecule has 0 radical (unpaired) electrons. The molecule has 3 rings (SSSR count). The summed E-state index contributed by atoms with van der Waals surface area (Å²) in [5.41, 5.74) is 2.97. The van der Waals surface area contributed by atoms with Crippen LogP contribution in [-0.2, 0) is 10.3 Å². The fourth-order valence-corrected chi connectivity index (χ4v) is 4.05. The zero-order chi connectivity index (χ0) is 20.2. The van der Waals surface area contributed by atoms with E-state index in [9.17, 15) is 0 Å². The van der Waals surface area contributed by atoms with Crippen molar-refractivity contribution >= 4 is 17.7 Å². The Morgan fingerprint density at radius 1 is 0.517 bits per heavy atom. The SMILES string of the molecule is [Li][CH2]CCCCCCCOC(c1ccccc1)(c1ccccc1)c1ccccc1. The Balaban J connectivity index is 1.83. The second-order valence-corrected chi connectivity index (χ2v) is 7.75. The first-order valence-electron chi connectivity index (χ1n) is 11.2. The van der Waals surface area contributed by atoms with E-state index >= 15 is 0 Å². The van der Waals surface area contributed by atoms with Crippen molar-refractivity contribution in [2.45, 2.75) is 49.2 Å². The van der Waals surface area contributed by atoms with E-state index in [1.54, 1.807) is 0 Å². The second-order valence-electron chi connectivity index (χ2n) is 7.75. The Bertz CT molecular complexity index is 705. The second kappa shape index (κ2) is 12.0. The number of hydrogen-bond acceptors (Lipinski definition) is 1. The smallest absolute Gasteiger partial charge is 0.0622 e. The molecule has 3 aromatic rings. The summed E-state index contributed by atoms with van der Waals surface area (Å²) in [5, 5.41) is 1.30. The molecule has 0 aliphatic carbocycles. The van der Waals surface area contributed by atoms with Crippen LogP contribution in [0.3, 0.4) is 0 Å². The van der Waals surface area contributed by atoms with Gasteiger partial charge in [0.25, 0.3) is 0 Å². The van der Waals surface area contributed by atoms with Gasteiger partial charge in [-0.1, -0.05) is 54.6 Å². The standard InChI is InChI=1S/C27H31O.Li/c1-2-3-4-5-6-16-23-28-27(24-17-10-7-11-18-24,25-19-12-8-13-20-25)26-21-14-9-15-22-26;/h7-15,17-22H,1-6,16,23H2;. The molecule has 0 aliphatic heterocycles. The Labute approximate surface area is 185 Å². The minimum Gasteiger partial charge on any atom is -0.0622 e. The van der Waals surface area contributed by atoms with Crippen LogP contribution < -0.4 is 0 Å². The van der Waals surface area contributed by atoms with Gasteiger partial charge in [0.2, 0.25) is 0 Å². The van der Waals surface area contributed by atoms with Gasteiger partial charge in [-0.15, -0.1) is 0 Å². The maximum absolute atomic E-state index is 6.82. The molecule has 0 saturated carbocycles. The van der Waals surface area contributed by atoms with Gasteiger partial charge in [-0.25, -0.2) is 0 Å².